The highest BCUT2D eigenvalue weighted by atomic mass is 32.2. The van der Waals surface area contributed by atoms with Crippen molar-refractivity contribution in [3.8, 4) is 5.75 Å². The lowest BCUT2D eigenvalue weighted by atomic mass is 9.90. The number of aromatic nitrogens is 2. The van der Waals surface area contributed by atoms with Crippen LogP contribution in [0, 0.1) is 24.6 Å². The number of hydrogen-bond donors (Lipinski definition) is 1. The highest BCUT2D eigenvalue weighted by Crippen LogP contribution is 2.41. The molecule has 0 bridgehead atoms. The molecular weight excluding hydrogens is 497 g/mol. The monoisotopic (exact) mass is 529 g/mol. The summed E-state index contributed by atoms with van der Waals surface area (Å²) in [5.74, 6) is -1.09. The molecule has 198 valence electrons. The first-order valence-corrected chi connectivity index (χ1v) is 14.1. The second-order valence-electron chi connectivity index (χ2n) is 10.3. The van der Waals surface area contributed by atoms with E-state index in [1.165, 1.54) is 36.4 Å². The van der Waals surface area contributed by atoms with Gasteiger partial charge in [-0.3, -0.25) is 9.48 Å². The van der Waals surface area contributed by atoms with Crippen molar-refractivity contribution in [3.05, 3.63) is 53.5 Å². The molecule has 5 rings (SSSR count). The average molecular weight is 530 g/mol. The van der Waals surface area contributed by atoms with Gasteiger partial charge in [0, 0.05) is 24.5 Å². The van der Waals surface area contributed by atoms with Crippen molar-refractivity contribution < 1.29 is 27.4 Å². The second kappa shape index (κ2) is 10.1. The lowest BCUT2D eigenvalue weighted by Crippen LogP contribution is -2.30. The molecule has 2 aliphatic rings. The van der Waals surface area contributed by atoms with E-state index in [-0.39, 0.29) is 42.1 Å². The summed E-state index contributed by atoms with van der Waals surface area (Å²) in [7, 11) is -2.71. The first-order chi connectivity index (χ1) is 17.7. The number of nitrogens with zero attached hydrogens (tertiary/aromatic N) is 3. The van der Waals surface area contributed by atoms with Gasteiger partial charge in [-0.1, -0.05) is 37.8 Å². The number of ether oxygens (including phenoxy) is 1. The Bertz CT molecular complexity index is 1430. The molecule has 0 amide bonds. The fourth-order valence-electron chi connectivity index (χ4n) is 5.99. The zero-order valence-corrected chi connectivity index (χ0v) is 21.9. The minimum atomic E-state index is -4.11. The van der Waals surface area contributed by atoms with Crippen LogP contribution in [-0.4, -0.2) is 53.8 Å². The van der Waals surface area contributed by atoms with Crippen LogP contribution in [0.2, 0.25) is 0 Å². The van der Waals surface area contributed by atoms with Crippen LogP contribution in [0.15, 0.2) is 41.3 Å². The van der Waals surface area contributed by atoms with E-state index in [2.05, 4.69) is 0 Å². The highest BCUT2D eigenvalue weighted by molar-refractivity contribution is 7.89. The van der Waals surface area contributed by atoms with Crippen molar-refractivity contribution in [2.45, 2.75) is 56.4 Å². The number of benzene rings is 2. The molecule has 2 atom stereocenters. The van der Waals surface area contributed by atoms with E-state index in [1.54, 1.807) is 0 Å². The Morgan fingerprint density at radius 1 is 1.16 bits per heavy atom. The normalized spacial score (nSPS) is 21.2. The third kappa shape index (κ3) is 4.96. The SMILES string of the molecule is COc1ccc(S(=O)(=O)N2C[C@@H](CC3CCCC3)[C@@H](n3nc(CC(=O)O)c4ccc(C)cc43)C2)c(F)c1. The van der Waals surface area contributed by atoms with E-state index >= 15 is 0 Å². The van der Waals surface area contributed by atoms with Crippen LogP contribution in [0.5, 0.6) is 5.75 Å². The Hall–Kier alpha value is -2.98. The molecule has 37 heavy (non-hydrogen) atoms. The molecule has 1 saturated heterocycles. The van der Waals surface area contributed by atoms with E-state index < -0.39 is 21.8 Å². The maximum absolute atomic E-state index is 14.8. The number of hydrogen-bond acceptors (Lipinski definition) is 5. The minimum absolute atomic E-state index is 0.0273. The van der Waals surface area contributed by atoms with E-state index in [1.807, 2.05) is 29.8 Å². The molecule has 1 aliphatic heterocycles. The van der Waals surface area contributed by atoms with Crippen LogP contribution in [0.1, 0.15) is 49.4 Å². The molecule has 1 N–H and O–H groups in total. The van der Waals surface area contributed by atoms with Gasteiger partial charge in [-0.05, 0) is 48.9 Å². The van der Waals surface area contributed by atoms with Gasteiger partial charge in [0.15, 0.2) is 0 Å². The van der Waals surface area contributed by atoms with Crippen LogP contribution >= 0.6 is 0 Å². The summed E-state index contributed by atoms with van der Waals surface area (Å²) in [6.07, 6.45) is 5.22. The van der Waals surface area contributed by atoms with Gasteiger partial charge >= 0.3 is 5.97 Å². The van der Waals surface area contributed by atoms with Crippen molar-refractivity contribution in [1.82, 2.24) is 14.1 Å². The Morgan fingerprint density at radius 3 is 2.59 bits per heavy atom. The minimum Gasteiger partial charge on any atom is -0.497 e. The Labute approximate surface area is 216 Å². The molecule has 2 aromatic carbocycles. The predicted octanol–water partition coefficient (Wildman–Crippen LogP) is 4.56. The zero-order chi connectivity index (χ0) is 26.3. The highest BCUT2D eigenvalue weighted by Gasteiger charge is 2.43. The number of sulfonamides is 1. The number of fused-ring (bicyclic) bond motifs is 1. The molecule has 10 heteroatoms. The van der Waals surface area contributed by atoms with E-state index in [4.69, 9.17) is 9.84 Å². The molecule has 8 nitrogen and oxygen atoms in total. The smallest absolute Gasteiger partial charge is 0.309 e. The first-order valence-electron chi connectivity index (χ1n) is 12.7. The molecule has 3 aromatic rings. The molecule has 0 unspecified atom stereocenters. The van der Waals surface area contributed by atoms with Gasteiger partial charge in [-0.25, -0.2) is 12.8 Å². The third-order valence-corrected chi connectivity index (χ3v) is 9.68. The van der Waals surface area contributed by atoms with Crippen LogP contribution in [-0.2, 0) is 21.2 Å². The predicted molar refractivity (Wildman–Crippen MR) is 137 cm³/mol. The largest absolute Gasteiger partial charge is 0.497 e. The number of halogens is 1. The lowest BCUT2D eigenvalue weighted by Gasteiger charge is -2.22. The molecular formula is C27H32FN3O5S. The quantitative estimate of drug-likeness (QED) is 0.459. The van der Waals surface area contributed by atoms with E-state index in [0.717, 1.165) is 41.8 Å². The van der Waals surface area contributed by atoms with E-state index in [9.17, 15) is 22.7 Å². The summed E-state index contributed by atoms with van der Waals surface area (Å²) >= 11 is 0. The Kier molecular flexibility index (Phi) is 6.97. The standard InChI is InChI=1S/C27H32FN3O5S/c1-17-7-9-21-23(14-27(32)33)29-31(24(21)11-17)25-16-30(15-19(25)12-18-5-3-4-6-18)37(34,35)26-10-8-20(36-2)13-22(26)28/h7-11,13,18-19,25H,3-6,12,14-16H2,1-2H3,(H,32,33)/t19-,25+/m1/s1. The van der Waals surface area contributed by atoms with Gasteiger partial charge in [0.25, 0.3) is 0 Å². The van der Waals surface area contributed by atoms with Crippen LogP contribution in [0.4, 0.5) is 4.39 Å². The number of aryl methyl sites for hydroxylation is 1. The number of carbonyl (C=O) groups is 1. The lowest BCUT2D eigenvalue weighted by molar-refractivity contribution is -0.136. The Morgan fingerprint density at radius 2 is 1.92 bits per heavy atom. The molecule has 1 aliphatic carbocycles. The fourth-order valence-corrected chi connectivity index (χ4v) is 7.55. The summed E-state index contributed by atoms with van der Waals surface area (Å²) < 4.78 is 50.3. The van der Waals surface area contributed by atoms with Crippen LogP contribution in [0.25, 0.3) is 10.9 Å². The molecule has 0 radical (unpaired) electrons. The third-order valence-electron chi connectivity index (χ3n) is 7.81. The van der Waals surface area contributed by atoms with Gasteiger partial charge in [0.05, 0.1) is 30.8 Å². The molecule has 0 spiro atoms. The van der Waals surface area contributed by atoms with Crippen LogP contribution < -0.4 is 4.74 Å². The van der Waals surface area contributed by atoms with Gasteiger partial charge in [-0.15, -0.1) is 0 Å². The molecule has 1 saturated carbocycles. The summed E-state index contributed by atoms with van der Waals surface area (Å²) in [5, 5.41) is 14.9. The zero-order valence-electron chi connectivity index (χ0n) is 21.1. The van der Waals surface area contributed by atoms with Crippen LogP contribution in [0.3, 0.4) is 0 Å². The topological polar surface area (TPSA) is 102 Å². The molecule has 1 aromatic heterocycles. The summed E-state index contributed by atoms with van der Waals surface area (Å²) in [6.45, 7) is 2.36. The Balaban J connectivity index is 1.55. The van der Waals surface area contributed by atoms with Crippen molar-refractivity contribution in [2.24, 2.45) is 11.8 Å². The van der Waals surface area contributed by atoms with Crippen molar-refractivity contribution >= 4 is 26.9 Å². The van der Waals surface area contributed by atoms with Crippen molar-refractivity contribution in [2.75, 3.05) is 20.2 Å². The summed E-state index contributed by atoms with van der Waals surface area (Å²) in [6, 6.07) is 9.27. The molecule has 2 fully saturated rings. The summed E-state index contributed by atoms with van der Waals surface area (Å²) in [5.41, 5.74) is 2.27. The van der Waals surface area contributed by atoms with Gasteiger partial charge in [0.2, 0.25) is 10.0 Å². The van der Waals surface area contributed by atoms with Gasteiger partial charge < -0.3 is 9.84 Å². The van der Waals surface area contributed by atoms with Crippen molar-refractivity contribution in [1.29, 1.82) is 0 Å². The average Bonchev–Trinajstić information content (AvgIpc) is 3.58. The second-order valence-corrected chi connectivity index (χ2v) is 12.2. The van der Waals surface area contributed by atoms with Gasteiger partial charge in [-0.2, -0.15) is 9.40 Å². The maximum atomic E-state index is 14.8. The number of carboxylic acids is 1. The number of rotatable bonds is 8. The first kappa shape index (κ1) is 25.7. The maximum Gasteiger partial charge on any atom is 0.309 e. The number of aliphatic carboxylic acids is 1. The fraction of sp³-hybridized carbons (Fsp3) is 0.481. The summed E-state index contributed by atoms with van der Waals surface area (Å²) in [4.78, 5) is 11.2. The van der Waals surface area contributed by atoms with E-state index in [0.29, 0.717) is 11.6 Å². The number of methoxy groups -OCH3 is 1. The van der Waals surface area contributed by atoms with Gasteiger partial charge in [0.1, 0.15) is 16.5 Å². The molecule has 2 heterocycles. The van der Waals surface area contributed by atoms with Crippen molar-refractivity contribution in [3.63, 3.8) is 0 Å². The number of carboxylic acid groups (broad SMARTS) is 1.